The van der Waals surface area contributed by atoms with Gasteiger partial charge in [0, 0.05) is 43.1 Å². The van der Waals surface area contributed by atoms with Crippen LogP contribution >= 0.6 is 0 Å². The summed E-state index contributed by atoms with van der Waals surface area (Å²) in [6.45, 7) is 8.30. The molecule has 0 radical (unpaired) electrons. The largest absolute Gasteiger partial charge is 0.493 e. The lowest BCUT2D eigenvalue weighted by Gasteiger charge is -2.26. The van der Waals surface area contributed by atoms with Crippen LogP contribution < -0.4 is 24.8 Å². The highest BCUT2D eigenvalue weighted by Gasteiger charge is 2.69. The fourth-order valence-corrected chi connectivity index (χ4v) is 6.16. The zero-order valence-corrected chi connectivity index (χ0v) is 26.9. The van der Waals surface area contributed by atoms with E-state index in [-0.39, 0.29) is 29.2 Å². The SMILES string of the molecule is COc1cc2c(Oc3ccc(NC(=O)[C@@]4(C(=O)Nc5ccc(F)cc5)[C@H](C)[C@@H]4C)cc3F)ncnc2cc1OCCCN1CCOCC1. The van der Waals surface area contributed by atoms with Crippen molar-refractivity contribution in [2.45, 2.75) is 20.3 Å². The Morgan fingerprint density at radius 3 is 2.27 bits per heavy atom. The molecule has 1 aromatic heterocycles. The molecule has 3 atom stereocenters. The quantitative estimate of drug-likeness (QED) is 0.146. The molecule has 0 bridgehead atoms. The van der Waals surface area contributed by atoms with Gasteiger partial charge in [-0.05, 0) is 60.7 Å². The van der Waals surface area contributed by atoms with Gasteiger partial charge in [-0.3, -0.25) is 14.5 Å². The zero-order valence-electron chi connectivity index (χ0n) is 26.9. The average molecular weight is 662 g/mol. The number of nitrogens with one attached hydrogen (secondary N) is 2. The van der Waals surface area contributed by atoms with E-state index in [1.54, 1.807) is 26.0 Å². The van der Waals surface area contributed by atoms with E-state index >= 15 is 4.39 Å². The summed E-state index contributed by atoms with van der Waals surface area (Å²) in [4.78, 5) is 37.6. The molecular weight excluding hydrogens is 624 g/mol. The number of benzene rings is 3. The van der Waals surface area contributed by atoms with Crippen molar-refractivity contribution in [3.8, 4) is 23.1 Å². The molecule has 13 heteroatoms. The fourth-order valence-electron chi connectivity index (χ4n) is 6.16. The summed E-state index contributed by atoms with van der Waals surface area (Å²) in [5.74, 6) is -1.88. The van der Waals surface area contributed by atoms with Crippen molar-refractivity contribution < 1.29 is 37.3 Å². The minimum absolute atomic E-state index is 0.102. The normalized spacial score (nSPS) is 20.6. The first-order valence-corrected chi connectivity index (χ1v) is 15.8. The molecule has 2 aliphatic rings. The minimum atomic E-state index is -1.37. The third-order valence-corrected chi connectivity index (χ3v) is 9.19. The van der Waals surface area contributed by atoms with Gasteiger partial charge in [0.2, 0.25) is 17.7 Å². The Labute approximate surface area is 276 Å². The van der Waals surface area contributed by atoms with Crippen LogP contribution in [0.15, 0.2) is 60.9 Å². The molecule has 3 aromatic carbocycles. The van der Waals surface area contributed by atoms with Gasteiger partial charge in [0.15, 0.2) is 23.1 Å². The molecule has 2 N–H and O–H groups in total. The minimum Gasteiger partial charge on any atom is -0.493 e. The lowest BCUT2D eigenvalue weighted by Crippen LogP contribution is -2.38. The molecule has 1 saturated carbocycles. The Bertz CT molecular complexity index is 1790. The molecule has 252 valence electrons. The van der Waals surface area contributed by atoms with Crippen molar-refractivity contribution in [2.24, 2.45) is 17.3 Å². The standard InChI is InChI=1S/C35H37F2N5O6/c1-21-22(2)35(21,33(43)40-24-7-5-23(36)6-8-24)34(44)41-25-9-10-29(27(37)17-25)48-32-26-18-30(45-3)31(19-28(26)38-20-39-32)47-14-4-11-42-12-15-46-16-13-42/h5-10,17-22H,4,11-16H2,1-3H3,(H,40,43)(H,41,44)/t21-,22+,35+. The number of hydrogen-bond acceptors (Lipinski definition) is 9. The highest BCUT2D eigenvalue weighted by molar-refractivity contribution is 6.17. The van der Waals surface area contributed by atoms with E-state index in [4.69, 9.17) is 18.9 Å². The maximum atomic E-state index is 15.4. The third-order valence-electron chi connectivity index (χ3n) is 9.19. The summed E-state index contributed by atoms with van der Waals surface area (Å²) in [5, 5.41) is 5.87. The first-order chi connectivity index (χ1) is 23.2. The summed E-state index contributed by atoms with van der Waals surface area (Å²) >= 11 is 0. The van der Waals surface area contributed by atoms with Crippen molar-refractivity contribution in [3.63, 3.8) is 0 Å². The summed E-state index contributed by atoms with van der Waals surface area (Å²) in [7, 11) is 1.53. The molecule has 1 saturated heterocycles. The topological polar surface area (TPSA) is 124 Å². The number of aromatic nitrogens is 2. The van der Waals surface area contributed by atoms with Crippen LogP contribution in [0.25, 0.3) is 10.9 Å². The second-order valence-electron chi connectivity index (χ2n) is 12.0. The first-order valence-electron chi connectivity index (χ1n) is 15.8. The predicted octanol–water partition coefficient (Wildman–Crippen LogP) is 5.66. The van der Waals surface area contributed by atoms with Gasteiger partial charge < -0.3 is 29.6 Å². The van der Waals surface area contributed by atoms with E-state index in [9.17, 15) is 14.0 Å². The molecule has 4 aromatic rings. The zero-order chi connectivity index (χ0) is 33.8. The van der Waals surface area contributed by atoms with Gasteiger partial charge in [-0.1, -0.05) is 13.8 Å². The molecule has 11 nitrogen and oxygen atoms in total. The molecule has 6 rings (SSSR count). The summed E-state index contributed by atoms with van der Waals surface area (Å²) in [6.07, 6.45) is 2.14. The van der Waals surface area contributed by atoms with Crippen LogP contribution in [0.3, 0.4) is 0 Å². The van der Waals surface area contributed by atoms with Gasteiger partial charge in [-0.2, -0.15) is 0 Å². The number of amides is 2. The predicted molar refractivity (Wildman–Crippen MR) is 174 cm³/mol. The molecule has 0 spiro atoms. The number of carbonyl (C=O) groups excluding carboxylic acids is 2. The summed E-state index contributed by atoms with van der Waals surface area (Å²) in [6, 6.07) is 12.7. The van der Waals surface area contributed by atoms with Gasteiger partial charge in [0.05, 0.1) is 37.8 Å². The number of anilines is 2. The number of morpholine rings is 1. The highest BCUT2D eigenvalue weighted by Crippen LogP contribution is 2.59. The monoisotopic (exact) mass is 661 g/mol. The summed E-state index contributed by atoms with van der Waals surface area (Å²) in [5.41, 5.74) is -0.338. The Hall–Kier alpha value is -4.88. The Balaban J connectivity index is 1.13. The molecule has 2 heterocycles. The van der Waals surface area contributed by atoms with Crippen LogP contribution in [-0.4, -0.2) is 73.2 Å². The van der Waals surface area contributed by atoms with Gasteiger partial charge in [-0.25, -0.2) is 18.7 Å². The first kappa shape index (κ1) is 33.0. The second-order valence-corrected chi connectivity index (χ2v) is 12.0. The Morgan fingerprint density at radius 2 is 1.60 bits per heavy atom. The van der Waals surface area contributed by atoms with Gasteiger partial charge in [0.25, 0.3) is 0 Å². The van der Waals surface area contributed by atoms with Crippen molar-refractivity contribution in [3.05, 3.63) is 72.6 Å². The number of ether oxygens (including phenoxy) is 4. The molecule has 0 unspecified atom stereocenters. The van der Waals surface area contributed by atoms with Gasteiger partial charge >= 0.3 is 0 Å². The van der Waals surface area contributed by atoms with Crippen molar-refractivity contribution in [2.75, 3.05) is 57.2 Å². The Kier molecular flexibility index (Phi) is 9.69. The van der Waals surface area contributed by atoms with Crippen LogP contribution in [-0.2, 0) is 14.3 Å². The second kappa shape index (κ2) is 14.1. The van der Waals surface area contributed by atoms with Crippen LogP contribution in [0.1, 0.15) is 20.3 Å². The number of nitrogens with zero attached hydrogens (tertiary/aromatic N) is 3. The van der Waals surface area contributed by atoms with Gasteiger partial charge in [-0.15, -0.1) is 0 Å². The lowest BCUT2D eigenvalue weighted by atomic mass is 9.99. The van der Waals surface area contributed by atoms with E-state index in [1.165, 1.54) is 49.8 Å². The molecular formula is C35H37F2N5O6. The Morgan fingerprint density at radius 1 is 0.917 bits per heavy atom. The number of hydrogen-bond donors (Lipinski definition) is 2. The highest BCUT2D eigenvalue weighted by atomic mass is 19.1. The van der Waals surface area contributed by atoms with E-state index < -0.39 is 28.9 Å². The molecule has 1 aliphatic carbocycles. The van der Waals surface area contributed by atoms with Crippen LogP contribution in [0.5, 0.6) is 23.1 Å². The van der Waals surface area contributed by atoms with E-state index in [1.807, 2.05) is 0 Å². The molecule has 48 heavy (non-hydrogen) atoms. The number of halogens is 2. The molecule has 2 amide bonds. The van der Waals surface area contributed by atoms with Crippen molar-refractivity contribution >= 4 is 34.1 Å². The van der Waals surface area contributed by atoms with Crippen molar-refractivity contribution in [1.29, 1.82) is 0 Å². The van der Waals surface area contributed by atoms with Crippen molar-refractivity contribution in [1.82, 2.24) is 14.9 Å². The maximum absolute atomic E-state index is 15.4. The van der Waals surface area contributed by atoms with E-state index in [0.29, 0.717) is 34.7 Å². The average Bonchev–Trinajstić information content (AvgIpc) is 3.65. The number of fused-ring (bicyclic) bond motifs is 1. The maximum Gasteiger partial charge on any atom is 0.240 e. The van der Waals surface area contributed by atoms with Gasteiger partial charge in [0.1, 0.15) is 17.6 Å². The number of methoxy groups -OCH3 is 1. The summed E-state index contributed by atoms with van der Waals surface area (Å²) < 4.78 is 51.5. The molecule has 2 fully saturated rings. The van der Waals surface area contributed by atoms with E-state index in [0.717, 1.165) is 45.3 Å². The number of carbonyl (C=O) groups is 2. The van der Waals surface area contributed by atoms with Crippen LogP contribution in [0, 0.1) is 28.9 Å². The third kappa shape index (κ3) is 6.74. The smallest absolute Gasteiger partial charge is 0.240 e. The fraction of sp³-hybridized carbons (Fsp3) is 0.371. The van der Waals surface area contributed by atoms with E-state index in [2.05, 4.69) is 25.5 Å². The van der Waals surface area contributed by atoms with Crippen LogP contribution in [0.4, 0.5) is 20.2 Å². The number of rotatable bonds is 12. The lowest BCUT2D eigenvalue weighted by molar-refractivity contribution is -0.132. The van der Waals surface area contributed by atoms with Crippen LogP contribution in [0.2, 0.25) is 0 Å². The molecule has 1 aliphatic heterocycles.